The van der Waals surface area contributed by atoms with Crippen LogP contribution in [-0.4, -0.2) is 68.2 Å². The number of amides is 1. The molecule has 0 spiro atoms. The Labute approximate surface area is 181 Å². The van der Waals surface area contributed by atoms with Crippen LogP contribution in [-0.2, 0) is 9.53 Å². The molecule has 0 bridgehead atoms. The number of halogens is 1. The van der Waals surface area contributed by atoms with Gasteiger partial charge in [0.2, 0.25) is 5.91 Å². The first-order valence-corrected chi connectivity index (χ1v) is 10.0. The second-order valence-corrected chi connectivity index (χ2v) is 8.18. The highest BCUT2D eigenvalue weighted by Gasteiger charge is 2.38. The van der Waals surface area contributed by atoms with Gasteiger partial charge in [-0.05, 0) is 33.6 Å². The van der Waals surface area contributed by atoms with Gasteiger partial charge < -0.3 is 21.1 Å². The molecule has 1 saturated carbocycles. The van der Waals surface area contributed by atoms with E-state index in [0.29, 0.717) is 6.54 Å². The Bertz CT molecular complexity index is 486. The van der Waals surface area contributed by atoms with E-state index in [2.05, 4.69) is 27.4 Å². The molecule has 2 rings (SSSR count). The first kappa shape index (κ1) is 24.4. The molecule has 0 atom stereocenters. The number of aliphatic imine (C=N–C) groups is 1. The van der Waals surface area contributed by atoms with E-state index in [1.165, 1.54) is 32.1 Å². The standard InChI is InChI=1S/C19H37N5O2.HI/c1-4-21-17(22-14-18(2,3)16(20)25)23-15-19(8-6-5-7-9-19)24-10-12-26-13-11-24;/h4-15H2,1-3H3,(H2,20,25)(H2,21,22,23);1H. The minimum absolute atomic E-state index is 0. The van der Waals surface area contributed by atoms with Crippen molar-refractivity contribution in [3.8, 4) is 0 Å². The fourth-order valence-corrected chi connectivity index (χ4v) is 3.80. The summed E-state index contributed by atoms with van der Waals surface area (Å²) in [5.41, 5.74) is 5.01. The van der Waals surface area contributed by atoms with Crippen LogP contribution >= 0.6 is 24.0 Å². The molecule has 4 N–H and O–H groups in total. The summed E-state index contributed by atoms with van der Waals surface area (Å²) in [7, 11) is 0. The summed E-state index contributed by atoms with van der Waals surface area (Å²) in [6, 6.07) is 0. The summed E-state index contributed by atoms with van der Waals surface area (Å²) in [4.78, 5) is 18.8. The molecule has 0 aromatic carbocycles. The van der Waals surface area contributed by atoms with Crippen molar-refractivity contribution in [1.29, 1.82) is 0 Å². The van der Waals surface area contributed by atoms with Crippen molar-refractivity contribution in [2.45, 2.75) is 58.4 Å². The smallest absolute Gasteiger partial charge is 0.224 e. The van der Waals surface area contributed by atoms with Crippen molar-refractivity contribution in [1.82, 2.24) is 15.5 Å². The van der Waals surface area contributed by atoms with Crippen molar-refractivity contribution in [2.75, 3.05) is 45.9 Å². The largest absolute Gasteiger partial charge is 0.379 e. The third-order valence-corrected chi connectivity index (χ3v) is 5.69. The molecule has 2 aliphatic rings. The van der Waals surface area contributed by atoms with Crippen LogP contribution in [0, 0.1) is 5.41 Å². The molecule has 0 aromatic rings. The topological polar surface area (TPSA) is 92.0 Å². The number of carbonyl (C=O) groups is 1. The summed E-state index contributed by atoms with van der Waals surface area (Å²) >= 11 is 0. The predicted molar refractivity (Wildman–Crippen MR) is 121 cm³/mol. The molecular formula is C19H38IN5O2. The number of ether oxygens (including phenoxy) is 1. The zero-order chi connectivity index (χ0) is 19.0. The van der Waals surface area contributed by atoms with Crippen LogP contribution in [0.5, 0.6) is 0 Å². The number of morpholine rings is 1. The normalized spacial score (nSPS) is 21.2. The highest BCUT2D eigenvalue weighted by molar-refractivity contribution is 14.0. The van der Waals surface area contributed by atoms with Gasteiger partial charge in [0.05, 0.1) is 25.2 Å². The zero-order valence-corrected chi connectivity index (χ0v) is 19.5. The van der Waals surface area contributed by atoms with Gasteiger partial charge in [-0.15, -0.1) is 24.0 Å². The average Bonchev–Trinajstić information content (AvgIpc) is 2.65. The lowest BCUT2D eigenvalue weighted by Gasteiger charge is -2.48. The Balaban J connectivity index is 0.00000364. The van der Waals surface area contributed by atoms with Crippen molar-refractivity contribution < 1.29 is 9.53 Å². The Morgan fingerprint density at radius 3 is 2.37 bits per heavy atom. The van der Waals surface area contributed by atoms with Gasteiger partial charge in [0.1, 0.15) is 0 Å². The summed E-state index contributed by atoms with van der Waals surface area (Å²) < 4.78 is 5.56. The first-order valence-electron chi connectivity index (χ1n) is 10.0. The molecular weight excluding hydrogens is 457 g/mol. The number of nitrogens with one attached hydrogen (secondary N) is 2. The van der Waals surface area contributed by atoms with E-state index in [4.69, 9.17) is 10.5 Å². The van der Waals surface area contributed by atoms with Gasteiger partial charge in [-0.2, -0.15) is 0 Å². The van der Waals surface area contributed by atoms with E-state index in [1.807, 2.05) is 13.8 Å². The third-order valence-electron chi connectivity index (χ3n) is 5.69. The predicted octanol–water partition coefficient (Wildman–Crippen LogP) is 1.71. The lowest BCUT2D eigenvalue weighted by atomic mass is 9.80. The number of rotatable bonds is 7. The van der Waals surface area contributed by atoms with Crippen LogP contribution in [0.2, 0.25) is 0 Å². The molecule has 1 aliphatic heterocycles. The fraction of sp³-hybridized carbons (Fsp3) is 0.895. The molecule has 8 heteroatoms. The molecule has 27 heavy (non-hydrogen) atoms. The van der Waals surface area contributed by atoms with E-state index < -0.39 is 5.41 Å². The average molecular weight is 495 g/mol. The Morgan fingerprint density at radius 2 is 1.81 bits per heavy atom. The van der Waals surface area contributed by atoms with Gasteiger partial charge in [0.15, 0.2) is 5.96 Å². The Kier molecular flexibility index (Phi) is 10.3. The van der Waals surface area contributed by atoms with E-state index in [-0.39, 0.29) is 35.4 Å². The van der Waals surface area contributed by atoms with Crippen molar-refractivity contribution in [3.05, 3.63) is 0 Å². The molecule has 0 aromatic heterocycles. The molecule has 1 heterocycles. The fourth-order valence-electron chi connectivity index (χ4n) is 3.80. The second-order valence-electron chi connectivity index (χ2n) is 8.18. The van der Waals surface area contributed by atoms with E-state index >= 15 is 0 Å². The maximum Gasteiger partial charge on any atom is 0.224 e. The zero-order valence-electron chi connectivity index (χ0n) is 17.2. The SMILES string of the molecule is CCNC(=NCC(C)(C)C(N)=O)NCC1(N2CCOCC2)CCCCC1.I. The van der Waals surface area contributed by atoms with E-state index in [0.717, 1.165) is 45.4 Å². The molecule has 1 amide bonds. The Morgan fingerprint density at radius 1 is 1.19 bits per heavy atom. The van der Waals surface area contributed by atoms with Gasteiger partial charge in [-0.1, -0.05) is 19.3 Å². The summed E-state index contributed by atoms with van der Waals surface area (Å²) in [6.45, 7) is 11.4. The molecule has 158 valence electrons. The Hall–Kier alpha value is -0.610. The third kappa shape index (κ3) is 7.05. The van der Waals surface area contributed by atoms with Crippen molar-refractivity contribution >= 4 is 35.8 Å². The minimum Gasteiger partial charge on any atom is -0.379 e. The highest BCUT2D eigenvalue weighted by atomic mass is 127. The van der Waals surface area contributed by atoms with Crippen molar-refractivity contribution in [3.63, 3.8) is 0 Å². The summed E-state index contributed by atoms with van der Waals surface area (Å²) in [5, 5.41) is 6.84. The van der Waals surface area contributed by atoms with Gasteiger partial charge >= 0.3 is 0 Å². The van der Waals surface area contributed by atoms with Crippen LogP contribution in [0.15, 0.2) is 4.99 Å². The van der Waals surface area contributed by atoms with Crippen LogP contribution in [0.4, 0.5) is 0 Å². The van der Waals surface area contributed by atoms with Crippen LogP contribution in [0.1, 0.15) is 52.9 Å². The minimum atomic E-state index is -0.644. The van der Waals surface area contributed by atoms with Crippen LogP contribution in [0.25, 0.3) is 0 Å². The number of nitrogens with two attached hydrogens (primary N) is 1. The lowest BCUT2D eigenvalue weighted by Crippen LogP contribution is -2.60. The van der Waals surface area contributed by atoms with E-state index in [1.54, 1.807) is 0 Å². The highest BCUT2D eigenvalue weighted by Crippen LogP contribution is 2.33. The van der Waals surface area contributed by atoms with Gasteiger partial charge in [0, 0.05) is 31.7 Å². The van der Waals surface area contributed by atoms with Crippen LogP contribution in [0.3, 0.4) is 0 Å². The monoisotopic (exact) mass is 495 g/mol. The molecule has 0 radical (unpaired) electrons. The number of nitrogens with zero attached hydrogens (tertiary/aromatic N) is 2. The van der Waals surface area contributed by atoms with E-state index in [9.17, 15) is 4.79 Å². The summed E-state index contributed by atoms with van der Waals surface area (Å²) in [5.74, 6) is 0.439. The number of hydrogen-bond donors (Lipinski definition) is 3. The van der Waals surface area contributed by atoms with Crippen molar-refractivity contribution in [2.24, 2.45) is 16.1 Å². The maximum atomic E-state index is 11.5. The number of carbonyl (C=O) groups excluding carboxylic acids is 1. The molecule has 0 unspecified atom stereocenters. The molecule has 1 saturated heterocycles. The molecule has 2 fully saturated rings. The van der Waals surface area contributed by atoms with Crippen LogP contribution < -0.4 is 16.4 Å². The number of guanidine groups is 1. The quantitative estimate of drug-likeness (QED) is 0.284. The number of hydrogen-bond acceptors (Lipinski definition) is 4. The van der Waals surface area contributed by atoms with Gasteiger partial charge in [-0.25, -0.2) is 0 Å². The summed E-state index contributed by atoms with van der Waals surface area (Å²) in [6.07, 6.45) is 6.31. The molecule has 1 aliphatic carbocycles. The molecule has 7 nitrogen and oxygen atoms in total. The van der Waals surface area contributed by atoms with Gasteiger partial charge in [0.25, 0.3) is 0 Å². The maximum absolute atomic E-state index is 11.5. The second kappa shape index (κ2) is 11.4. The van der Waals surface area contributed by atoms with Gasteiger partial charge in [-0.3, -0.25) is 14.7 Å². The lowest BCUT2D eigenvalue weighted by molar-refractivity contribution is -0.125. The number of primary amides is 1. The first-order chi connectivity index (χ1) is 12.4.